The Morgan fingerprint density at radius 1 is 0.606 bits per heavy atom. The maximum absolute atomic E-state index is 14.1. The van der Waals surface area contributed by atoms with Crippen LogP contribution in [0.1, 0.15) is 105 Å². The van der Waals surface area contributed by atoms with Gasteiger partial charge in [0.1, 0.15) is 48.3 Å². The number of nitrogens with two attached hydrogens (primary N) is 4. The number of nitrogens with zero attached hydrogens (tertiary/aromatic N) is 2. The number of carbonyl (C=O) groups excluding carboxylic acids is 9. The van der Waals surface area contributed by atoms with Crippen LogP contribution in [0.5, 0.6) is 0 Å². The lowest BCUT2D eigenvalue weighted by Gasteiger charge is -2.32. The first-order chi connectivity index (χ1) is 33.0. The largest absolute Gasteiger partial charge is 0.481 e. The number of aliphatic carboxylic acids is 3. The van der Waals surface area contributed by atoms with Gasteiger partial charge in [0, 0.05) is 32.4 Å². The molecule has 0 spiro atoms. The highest BCUT2D eigenvalue weighted by Crippen LogP contribution is 2.21. The molecule has 1 heterocycles. The molecule has 0 aromatic rings. The molecule has 0 unspecified atom stereocenters. The van der Waals surface area contributed by atoms with Gasteiger partial charge in [-0.25, -0.2) is 4.79 Å². The van der Waals surface area contributed by atoms with E-state index in [0.717, 1.165) is 11.8 Å². The van der Waals surface area contributed by atoms with E-state index in [1.807, 2.05) is 0 Å². The van der Waals surface area contributed by atoms with Crippen LogP contribution in [0.4, 0.5) is 0 Å². The quantitative estimate of drug-likeness (QED) is 0.0170. The SMILES string of the molecule is CC(C)C[C@H](NC(=O)[C@H](CCC(=O)O)NC(=O)[C@@H]1CCCN1C(=O)[C@@H](NC(=O)[C@H](CCCN=C(N)N)NC(=O)[C@H](CCC(=O)O)NC(=O)[C@H](C)NC(=O)[C@H](CCC(N)=O)NC(=O)[C@H](C)N)[C@@H](C)O)C(=O)O. The molecule has 1 saturated heterocycles. The minimum Gasteiger partial charge on any atom is -0.481 e. The molecular formula is C42H71N13O16. The van der Waals surface area contributed by atoms with Gasteiger partial charge >= 0.3 is 17.9 Å². The second-order valence-corrected chi connectivity index (χ2v) is 17.5. The number of primary amides is 1. The summed E-state index contributed by atoms with van der Waals surface area (Å²) in [5.41, 5.74) is 21.6. The van der Waals surface area contributed by atoms with Gasteiger partial charge in [-0.15, -0.1) is 0 Å². The minimum absolute atomic E-state index is 0.00480. The molecule has 29 heteroatoms. The highest BCUT2D eigenvalue weighted by atomic mass is 16.4. The Labute approximate surface area is 409 Å². The number of likely N-dealkylation sites (tertiary alicyclic amines) is 1. The number of carboxylic acids is 3. The number of hydrogen-bond acceptors (Lipinski definition) is 15. The number of guanidine groups is 1. The fraction of sp³-hybridized carbons (Fsp3) is 0.690. The predicted octanol–water partition coefficient (Wildman–Crippen LogP) is -5.70. The van der Waals surface area contributed by atoms with Crippen LogP contribution in [-0.4, -0.2) is 176 Å². The lowest BCUT2D eigenvalue weighted by Crippen LogP contribution is -2.61. The number of amides is 9. The van der Waals surface area contributed by atoms with Crippen molar-refractivity contribution in [3.05, 3.63) is 0 Å². The lowest BCUT2D eigenvalue weighted by atomic mass is 10.0. The van der Waals surface area contributed by atoms with Crippen LogP contribution in [0.25, 0.3) is 0 Å². The summed E-state index contributed by atoms with van der Waals surface area (Å²) >= 11 is 0. The molecule has 0 saturated carbocycles. The fourth-order valence-corrected chi connectivity index (χ4v) is 7.01. The highest BCUT2D eigenvalue weighted by Gasteiger charge is 2.41. The third-order valence-electron chi connectivity index (χ3n) is 10.8. The van der Waals surface area contributed by atoms with Crippen molar-refractivity contribution in [1.29, 1.82) is 0 Å². The van der Waals surface area contributed by atoms with Crippen molar-refractivity contribution < 1.29 is 78.0 Å². The van der Waals surface area contributed by atoms with E-state index in [1.165, 1.54) is 13.8 Å². The molecule has 0 radical (unpaired) electrons. The van der Waals surface area contributed by atoms with Crippen molar-refractivity contribution in [2.45, 2.75) is 166 Å². The number of aliphatic hydroxyl groups is 1. The van der Waals surface area contributed by atoms with Crippen molar-refractivity contribution in [3.63, 3.8) is 0 Å². The molecule has 19 N–H and O–H groups in total. The summed E-state index contributed by atoms with van der Waals surface area (Å²) in [6.07, 6.45) is -4.54. The summed E-state index contributed by atoms with van der Waals surface area (Å²) in [6.45, 7) is 6.94. The maximum Gasteiger partial charge on any atom is 0.326 e. The molecule has 1 aliphatic heterocycles. The van der Waals surface area contributed by atoms with Gasteiger partial charge in [-0.3, -0.25) is 57.7 Å². The molecule has 0 aliphatic carbocycles. The Bertz CT molecular complexity index is 1960. The molecule has 71 heavy (non-hydrogen) atoms. The first-order valence-electron chi connectivity index (χ1n) is 22.9. The number of carboxylic acid groups (broad SMARTS) is 3. The third kappa shape index (κ3) is 22.9. The minimum atomic E-state index is -1.79. The van der Waals surface area contributed by atoms with Crippen molar-refractivity contribution in [2.24, 2.45) is 33.8 Å². The van der Waals surface area contributed by atoms with E-state index in [0.29, 0.717) is 0 Å². The molecule has 0 aromatic heterocycles. The van der Waals surface area contributed by atoms with E-state index < -0.39 is 157 Å². The monoisotopic (exact) mass is 1010 g/mol. The Balaban J connectivity index is 3.42. The number of hydrogen-bond donors (Lipinski definition) is 15. The Morgan fingerprint density at radius 3 is 1.55 bits per heavy atom. The van der Waals surface area contributed by atoms with Crippen LogP contribution in [0, 0.1) is 5.92 Å². The molecule has 0 aromatic carbocycles. The van der Waals surface area contributed by atoms with Gasteiger partial charge in [0.25, 0.3) is 0 Å². The number of aliphatic hydroxyl groups excluding tert-OH is 1. The van der Waals surface area contributed by atoms with E-state index in [2.05, 4.69) is 42.2 Å². The first kappa shape index (κ1) is 61.8. The molecular weight excluding hydrogens is 943 g/mol. The van der Waals surface area contributed by atoms with Gasteiger partial charge < -0.3 is 85.5 Å². The molecule has 1 aliphatic rings. The van der Waals surface area contributed by atoms with Gasteiger partial charge in [-0.1, -0.05) is 13.8 Å². The highest BCUT2D eigenvalue weighted by molar-refractivity contribution is 5.98. The van der Waals surface area contributed by atoms with E-state index in [4.69, 9.17) is 22.9 Å². The smallest absolute Gasteiger partial charge is 0.326 e. The number of nitrogens with one attached hydrogen (secondary N) is 7. The van der Waals surface area contributed by atoms with Crippen molar-refractivity contribution in [2.75, 3.05) is 13.1 Å². The van der Waals surface area contributed by atoms with Crippen LogP contribution in [0.2, 0.25) is 0 Å². The fourth-order valence-electron chi connectivity index (χ4n) is 7.01. The maximum atomic E-state index is 14.1. The molecule has 0 bridgehead atoms. The molecule has 1 fully saturated rings. The second kappa shape index (κ2) is 30.4. The van der Waals surface area contributed by atoms with Crippen LogP contribution < -0.4 is 60.2 Å². The molecule has 400 valence electrons. The van der Waals surface area contributed by atoms with Gasteiger partial charge in [0.2, 0.25) is 53.2 Å². The number of aliphatic imine (C=N–C) groups is 1. The van der Waals surface area contributed by atoms with Gasteiger partial charge in [-0.05, 0) is 78.1 Å². The van der Waals surface area contributed by atoms with Crippen molar-refractivity contribution in [3.8, 4) is 0 Å². The Kier molecular flexibility index (Phi) is 26.5. The van der Waals surface area contributed by atoms with E-state index >= 15 is 0 Å². The summed E-state index contributed by atoms with van der Waals surface area (Å²) < 4.78 is 0. The summed E-state index contributed by atoms with van der Waals surface area (Å²) in [5, 5.41) is 55.7. The normalized spacial score (nSPS) is 17.0. The van der Waals surface area contributed by atoms with Crippen LogP contribution >= 0.6 is 0 Å². The summed E-state index contributed by atoms with van der Waals surface area (Å²) in [4.78, 5) is 159. The number of carbonyl (C=O) groups is 12. The Morgan fingerprint density at radius 2 is 1.07 bits per heavy atom. The number of rotatable bonds is 32. The summed E-state index contributed by atoms with van der Waals surface area (Å²) in [7, 11) is 0. The average molecular weight is 1010 g/mol. The van der Waals surface area contributed by atoms with Crippen molar-refractivity contribution >= 4 is 77.0 Å². The first-order valence-corrected chi connectivity index (χ1v) is 22.9. The topological polar surface area (TPSA) is 490 Å². The summed E-state index contributed by atoms with van der Waals surface area (Å²) in [5.74, 6) is -13.1. The summed E-state index contributed by atoms with van der Waals surface area (Å²) in [6, 6.07) is -13.2. The standard InChI is InChI=1S/C42H71N13O16/c1-19(2)18-27(41(70)71)53-37(66)26(12-15-31(60)61)52-39(68)28-9-7-17-55(28)40(69)32(22(5)56)54-38(67)23(8-6-16-47-42(45)46)51-36(65)25(11-14-30(58)59)50-34(63)21(4)48-35(64)24(10-13-29(44)57)49-33(62)20(3)43/h19-28,32,56H,6-18,43H2,1-5H3,(H2,44,57)(H,48,64)(H,49,62)(H,50,63)(H,51,65)(H,52,68)(H,53,66)(H,54,67)(H,58,59)(H,60,61)(H,70,71)(H4,45,46,47)/t20-,21-,22+,23-,24-,25-,26-,27-,28-,32-/m0/s1. The zero-order valence-electron chi connectivity index (χ0n) is 40.4. The second-order valence-electron chi connectivity index (χ2n) is 17.5. The molecule has 29 nitrogen and oxygen atoms in total. The molecule has 10 atom stereocenters. The van der Waals surface area contributed by atoms with Gasteiger partial charge in [-0.2, -0.15) is 0 Å². The van der Waals surface area contributed by atoms with Crippen LogP contribution in [-0.2, 0) is 57.5 Å². The van der Waals surface area contributed by atoms with Gasteiger partial charge in [0.15, 0.2) is 5.96 Å². The van der Waals surface area contributed by atoms with E-state index in [1.54, 1.807) is 13.8 Å². The predicted molar refractivity (Wildman–Crippen MR) is 248 cm³/mol. The average Bonchev–Trinajstić information content (AvgIpc) is 3.77. The Hall–Kier alpha value is -7.17. The molecule has 9 amide bonds. The lowest BCUT2D eigenvalue weighted by molar-refractivity contribution is -0.145. The third-order valence-corrected chi connectivity index (χ3v) is 10.8. The molecule has 1 rings (SSSR count). The van der Waals surface area contributed by atoms with Gasteiger partial charge in [0.05, 0.1) is 12.1 Å². The van der Waals surface area contributed by atoms with Crippen LogP contribution in [0.3, 0.4) is 0 Å². The van der Waals surface area contributed by atoms with Crippen molar-refractivity contribution in [1.82, 2.24) is 42.1 Å². The van der Waals surface area contributed by atoms with E-state index in [-0.39, 0.29) is 69.9 Å². The van der Waals surface area contributed by atoms with Crippen LogP contribution in [0.15, 0.2) is 4.99 Å². The zero-order valence-corrected chi connectivity index (χ0v) is 40.4. The zero-order chi connectivity index (χ0) is 54.3. The van der Waals surface area contributed by atoms with E-state index in [9.17, 15) is 78.0 Å².